The van der Waals surface area contributed by atoms with Crippen LogP contribution in [0.2, 0.25) is 0 Å². The summed E-state index contributed by atoms with van der Waals surface area (Å²) in [6.07, 6.45) is 16.5. The van der Waals surface area contributed by atoms with Crippen LogP contribution >= 0.6 is 0 Å². The molecule has 1 aromatic carbocycles. The minimum absolute atomic E-state index is 0.0296. The maximum absolute atomic E-state index is 14.1. The fourth-order valence-electron chi connectivity index (χ4n) is 3.77. The van der Waals surface area contributed by atoms with Crippen molar-refractivity contribution in [3.05, 3.63) is 42.2 Å². The average Bonchev–Trinajstić information content (AvgIpc) is 2.80. The molecule has 0 saturated heterocycles. The molecule has 172 valence electrons. The third kappa shape index (κ3) is 9.80. The number of rotatable bonds is 16. The third-order valence-electron chi connectivity index (χ3n) is 5.91. The molecule has 1 aromatic heterocycles. The van der Waals surface area contributed by atoms with Gasteiger partial charge in [-0.2, -0.15) is 0 Å². The van der Waals surface area contributed by atoms with Crippen molar-refractivity contribution in [3.63, 3.8) is 0 Å². The van der Waals surface area contributed by atoms with Crippen LogP contribution in [0.25, 0.3) is 11.4 Å². The molecule has 4 heteroatoms. The first-order valence-electron chi connectivity index (χ1n) is 12.3. The van der Waals surface area contributed by atoms with Gasteiger partial charge in [-0.25, -0.2) is 14.4 Å². The fraction of sp³-hybridized carbons (Fsp3) is 0.630. The quantitative estimate of drug-likeness (QED) is 0.254. The number of unbranched alkanes of at least 4 members (excludes halogenated alkanes) is 7. The van der Waals surface area contributed by atoms with Crippen molar-refractivity contribution in [2.24, 2.45) is 5.92 Å². The Morgan fingerprint density at radius 1 is 0.839 bits per heavy atom. The highest BCUT2D eigenvalue weighted by molar-refractivity contribution is 5.55. The Balaban J connectivity index is 1.72. The van der Waals surface area contributed by atoms with E-state index in [2.05, 4.69) is 23.8 Å². The first-order chi connectivity index (χ1) is 15.1. The molecule has 2 unspecified atom stereocenters. The van der Waals surface area contributed by atoms with E-state index >= 15 is 0 Å². The van der Waals surface area contributed by atoms with Crippen LogP contribution in [0.3, 0.4) is 0 Å². The highest BCUT2D eigenvalue weighted by Crippen LogP contribution is 2.21. The van der Waals surface area contributed by atoms with E-state index in [9.17, 15) is 4.39 Å². The minimum atomic E-state index is -0.934. The molecule has 0 saturated carbocycles. The zero-order valence-electron chi connectivity index (χ0n) is 19.8. The Bertz CT molecular complexity index is 702. The SMILES string of the molecule is CCCCCCCCCCc1cnc(-c2ccc(OCC(F)C(C)CCC)cc2)nc1. The van der Waals surface area contributed by atoms with Gasteiger partial charge in [-0.15, -0.1) is 0 Å². The van der Waals surface area contributed by atoms with E-state index in [4.69, 9.17) is 4.74 Å². The van der Waals surface area contributed by atoms with Crippen LogP contribution in [0, 0.1) is 5.92 Å². The lowest BCUT2D eigenvalue weighted by molar-refractivity contribution is 0.142. The van der Waals surface area contributed by atoms with E-state index in [1.807, 2.05) is 43.6 Å². The molecule has 1 heterocycles. The number of ether oxygens (including phenoxy) is 1. The van der Waals surface area contributed by atoms with Crippen molar-refractivity contribution in [1.82, 2.24) is 9.97 Å². The van der Waals surface area contributed by atoms with Gasteiger partial charge < -0.3 is 4.74 Å². The number of aryl methyl sites for hydroxylation is 1. The summed E-state index contributed by atoms with van der Waals surface area (Å²) < 4.78 is 19.7. The summed E-state index contributed by atoms with van der Waals surface area (Å²) >= 11 is 0. The third-order valence-corrected chi connectivity index (χ3v) is 5.91. The predicted octanol–water partition coefficient (Wildman–Crippen LogP) is 7.98. The standard InChI is InChI=1S/C27H41FN2O/c1-4-6-7-8-9-10-11-12-14-23-19-29-27(30-20-23)24-15-17-25(18-16-24)31-21-26(28)22(3)13-5-2/h15-20,22,26H,4-14,21H2,1-3H3. The van der Waals surface area contributed by atoms with Crippen molar-refractivity contribution < 1.29 is 9.13 Å². The second-order valence-corrected chi connectivity index (χ2v) is 8.76. The largest absolute Gasteiger partial charge is 0.491 e. The van der Waals surface area contributed by atoms with Crippen molar-refractivity contribution >= 4 is 0 Å². The van der Waals surface area contributed by atoms with E-state index < -0.39 is 6.17 Å². The molecule has 0 fully saturated rings. The maximum Gasteiger partial charge on any atom is 0.159 e. The average molecular weight is 429 g/mol. The van der Waals surface area contributed by atoms with Gasteiger partial charge in [0.1, 0.15) is 18.5 Å². The summed E-state index contributed by atoms with van der Waals surface area (Å²) in [6, 6.07) is 7.60. The summed E-state index contributed by atoms with van der Waals surface area (Å²) in [6.45, 7) is 6.38. The molecule has 0 spiro atoms. The van der Waals surface area contributed by atoms with Crippen LogP contribution in [0.5, 0.6) is 5.75 Å². The summed E-state index contributed by atoms with van der Waals surface area (Å²) in [5.41, 5.74) is 2.15. The van der Waals surface area contributed by atoms with E-state index in [0.717, 1.165) is 24.8 Å². The molecular weight excluding hydrogens is 387 g/mol. The molecule has 2 atom stereocenters. The molecule has 31 heavy (non-hydrogen) atoms. The Morgan fingerprint density at radius 3 is 2.06 bits per heavy atom. The van der Waals surface area contributed by atoms with Crippen LogP contribution in [-0.4, -0.2) is 22.7 Å². The van der Waals surface area contributed by atoms with Crippen molar-refractivity contribution in [2.75, 3.05) is 6.61 Å². The lowest BCUT2D eigenvalue weighted by atomic mass is 10.0. The molecule has 3 nitrogen and oxygen atoms in total. The summed E-state index contributed by atoms with van der Waals surface area (Å²) in [5.74, 6) is 1.43. The number of halogens is 1. The van der Waals surface area contributed by atoms with Gasteiger partial charge >= 0.3 is 0 Å². The highest BCUT2D eigenvalue weighted by atomic mass is 19.1. The van der Waals surface area contributed by atoms with Crippen molar-refractivity contribution in [3.8, 4) is 17.1 Å². The molecule has 0 aliphatic heterocycles. The Kier molecular flexibility index (Phi) is 12.2. The number of hydrogen-bond acceptors (Lipinski definition) is 3. The fourth-order valence-corrected chi connectivity index (χ4v) is 3.77. The first kappa shape index (κ1) is 25.3. The van der Waals surface area contributed by atoms with Gasteiger partial charge in [-0.05, 0) is 55.0 Å². The topological polar surface area (TPSA) is 35.0 Å². The lowest BCUT2D eigenvalue weighted by Gasteiger charge is -2.16. The number of hydrogen-bond donors (Lipinski definition) is 0. The lowest BCUT2D eigenvalue weighted by Crippen LogP contribution is -2.20. The molecule has 0 radical (unpaired) electrons. The molecule has 2 rings (SSSR count). The molecule has 2 aromatic rings. The smallest absolute Gasteiger partial charge is 0.159 e. The molecule has 0 N–H and O–H groups in total. The van der Waals surface area contributed by atoms with Gasteiger partial charge in [0, 0.05) is 18.0 Å². The van der Waals surface area contributed by atoms with Gasteiger partial charge in [0.05, 0.1) is 0 Å². The van der Waals surface area contributed by atoms with Gasteiger partial charge in [0.15, 0.2) is 5.82 Å². The van der Waals surface area contributed by atoms with Gasteiger partial charge in [0.2, 0.25) is 0 Å². The van der Waals surface area contributed by atoms with E-state index in [1.165, 1.54) is 56.9 Å². The number of alkyl halides is 1. The van der Waals surface area contributed by atoms with Gasteiger partial charge in [-0.3, -0.25) is 0 Å². The number of benzene rings is 1. The molecule has 0 amide bonds. The molecular formula is C27H41FN2O. The highest BCUT2D eigenvalue weighted by Gasteiger charge is 2.16. The van der Waals surface area contributed by atoms with Crippen LogP contribution < -0.4 is 4.74 Å². The van der Waals surface area contributed by atoms with Crippen molar-refractivity contribution in [2.45, 2.75) is 97.6 Å². The number of aromatic nitrogens is 2. The summed E-state index contributed by atoms with van der Waals surface area (Å²) in [5, 5.41) is 0. The second kappa shape index (κ2) is 14.9. The zero-order chi connectivity index (χ0) is 22.3. The van der Waals surface area contributed by atoms with Crippen LogP contribution in [-0.2, 0) is 6.42 Å². The van der Waals surface area contributed by atoms with E-state index in [-0.39, 0.29) is 12.5 Å². The normalized spacial score (nSPS) is 13.2. The monoisotopic (exact) mass is 428 g/mol. The molecule has 0 bridgehead atoms. The van der Waals surface area contributed by atoms with Gasteiger partial charge in [-0.1, -0.05) is 72.1 Å². The number of nitrogens with zero attached hydrogens (tertiary/aromatic N) is 2. The van der Waals surface area contributed by atoms with Crippen LogP contribution in [0.15, 0.2) is 36.7 Å². The molecule has 0 aliphatic rings. The van der Waals surface area contributed by atoms with Gasteiger partial charge in [0.25, 0.3) is 0 Å². The predicted molar refractivity (Wildman–Crippen MR) is 128 cm³/mol. The Hall–Kier alpha value is -1.97. The van der Waals surface area contributed by atoms with Crippen LogP contribution in [0.4, 0.5) is 4.39 Å². The zero-order valence-corrected chi connectivity index (χ0v) is 19.8. The summed E-state index contributed by atoms with van der Waals surface area (Å²) in [4.78, 5) is 9.07. The first-order valence-corrected chi connectivity index (χ1v) is 12.3. The minimum Gasteiger partial charge on any atom is -0.491 e. The van der Waals surface area contributed by atoms with E-state index in [0.29, 0.717) is 11.6 Å². The molecule has 0 aliphatic carbocycles. The summed E-state index contributed by atoms with van der Waals surface area (Å²) in [7, 11) is 0. The van der Waals surface area contributed by atoms with Crippen molar-refractivity contribution in [1.29, 1.82) is 0 Å². The Morgan fingerprint density at radius 2 is 1.45 bits per heavy atom. The Labute approximate surface area is 188 Å². The maximum atomic E-state index is 14.1. The second-order valence-electron chi connectivity index (χ2n) is 8.76. The van der Waals surface area contributed by atoms with E-state index in [1.54, 1.807) is 0 Å². The van der Waals surface area contributed by atoms with Crippen LogP contribution in [0.1, 0.15) is 90.5 Å².